The number of para-hydroxylation sites is 1. The second-order valence-corrected chi connectivity index (χ2v) is 9.85. The van der Waals surface area contributed by atoms with Crippen molar-refractivity contribution in [3.05, 3.63) is 52.6 Å². The largest absolute Gasteiger partial charge is 0.506 e. The highest BCUT2D eigenvalue weighted by Crippen LogP contribution is 2.63. The van der Waals surface area contributed by atoms with Crippen molar-refractivity contribution in [2.75, 3.05) is 20.7 Å². The minimum Gasteiger partial charge on any atom is -0.506 e. The van der Waals surface area contributed by atoms with Crippen LogP contribution in [-0.2, 0) is 16.6 Å². The Morgan fingerprint density at radius 2 is 1.94 bits per heavy atom. The first-order chi connectivity index (χ1) is 16.7. The maximum atomic E-state index is 12.6. The van der Waals surface area contributed by atoms with Crippen LogP contribution in [-0.4, -0.2) is 65.5 Å². The molecule has 1 saturated carbocycles. The summed E-state index contributed by atoms with van der Waals surface area (Å²) in [5.74, 6) is 0.379. The van der Waals surface area contributed by atoms with Crippen LogP contribution in [0.1, 0.15) is 58.0 Å². The molecule has 35 heavy (non-hydrogen) atoms. The minimum atomic E-state index is -1.25. The van der Waals surface area contributed by atoms with Crippen LogP contribution < -0.4 is 9.47 Å². The Morgan fingerprint density at radius 3 is 2.63 bits per heavy atom. The Labute approximate surface area is 203 Å². The fourth-order valence-electron chi connectivity index (χ4n) is 6.67. The molecule has 184 valence electrons. The average molecular weight is 480 g/mol. The summed E-state index contributed by atoms with van der Waals surface area (Å²) < 4.78 is 11.8. The van der Waals surface area contributed by atoms with Crippen LogP contribution in [0, 0.1) is 5.92 Å². The summed E-state index contributed by atoms with van der Waals surface area (Å²) in [6.45, 7) is 2.31. The average Bonchev–Trinajstić information content (AvgIpc) is 3.18. The maximum absolute atomic E-state index is 12.6. The number of likely N-dealkylation sites (N-methyl/N-ethyl adjacent to an activating group) is 1. The van der Waals surface area contributed by atoms with Gasteiger partial charge < -0.3 is 24.6 Å². The fraction of sp³-hybridized carbons (Fsp3) is 0.444. The third kappa shape index (κ3) is 3.34. The third-order valence-corrected chi connectivity index (χ3v) is 8.24. The highest BCUT2D eigenvalue weighted by Gasteiger charge is 2.65. The monoisotopic (exact) mass is 479 g/mol. The molecule has 2 aromatic rings. The van der Waals surface area contributed by atoms with E-state index in [4.69, 9.17) is 14.6 Å². The molecule has 2 aromatic carbocycles. The molecule has 6 rings (SSSR count). The Bertz CT molecular complexity index is 1210. The van der Waals surface area contributed by atoms with Crippen LogP contribution in [0.2, 0.25) is 0 Å². The van der Waals surface area contributed by atoms with E-state index in [2.05, 4.69) is 18.0 Å². The van der Waals surface area contributed by atoms with E-state index in [-0.39, 0.29) is 34.2 Å². The number of ether oxygens (including phenoxy) is 2. The van der Waals surface area contributed by atoms with Crippen molar-refractivity contribution in [2.24, 2.45) is 5.92 Å². The number of phenols is 1. The molecule has 4 aliphatic rings. The second-order valence-electron chi connectivity index (χ2n) is 9.85. The van der Waals surface area contributed by atoms with Gasteiger partial charge in [0.2, 0.25) is 0 Å². The number of rotatable bonds is 3. The molecular weight excluding hydrogens is 450 g/mol. The Morgan fingerprint density at radius 1 is 1.20 bits per heavy atom. The lowest BCUT2D eigenvalue weighted by molar-refractivity contribution is -0.138. The normalized spacial score (nSPS) is 27.7. The predicted octanol–water partition coefficient (Wildman–Crippen LogP) is 3.23. The first kappa shape index (κ1) is 23.4. The summed E-state index contributed by atoms with van der Waals surface area (Å²) in [4.78, 5) is 36.5. The van der Waals surface area contributed by atoms with Gasteiger partial charge in [0.15, 0.2) is 29.2 Å². The minimum absolute atomic E-state index is 0.0277. The summed E-state index contributed by atoms with van der Waals surface area (Å²) in [5.41, 5.74) is 2.34. The number of piperidine rings is 1. The van der Waals surface area contributed by atoms with E-state index >= 15 is 0 Å². The molecule has 0 aromatic heterocycles. The molecule has 1 saturated heterocycles. The van der Waals surface area contributed by atoms with Crippen molar-refractivity contribution < 1.29 is 34.1 Å². The third-order valence-electron chi connectivity index (χ3n) is 8.24. The lowest BCUT2D eigenvalue weighted by Crippen LogP contribution is -2.65. The van der Waals surface area contributed by atoms with E-state index in [1.807, 2.05) is 6.07 Å². The summed E-state index contributed by atoms with van der Waals surface area (Å²) >= 11 is 0. The van der Waals surface area contributed by atoms with Crippen LogP contribution in [0.25, 0.3) is 0 Å². The molecule has 0 unspecified atom stereocenters. The van der Waals surface area contributed by atoms with E-state index < -0.39 is 11.7 Å². The van der Waals surface area contributed by atoms with Gasteiger partial charge in [0.05, 0.1) is 12.7 Å². The van der Waals surface area contributed by atoms with Crippen molar-refractivity contribution in [1.29, 1.82) is 0 Å². The van der Waals surface area contributed by atoms with E-state index in [1.54, 1.807) is 7.11 Å². The van der Waals surface area contributed by atoms with Crippen molar-refractivity contribution in [1.82, 2.24) is 4.90 Å². The van der Waals surface area contributed by atoms with Crippen LogP contribution >= 0.6 is 0 Å². The standard InChI is InChI=1S/C18H21NO3.C9H8O4/c1-19-8-7-18-11-4-5-13(20)17(18)22-16-14(21-2)6-3-10(15(16)18)9-12(11)19;1-5(10)6-3-2-4-7(8(6)11)9(12)13/h3,6,11-12,17H,4-5,7-9H2,1-2H3;2-4,11H,1H3,(H,12,13)/t11-,12+,17-,18-;/m0./s1. The quantitative estimate of drug-likeness (QED) is 0.645. The van der Waals surface area contributed by atoms with Crippen LogP contribution in [0.3, 0.4) is 0 Å². The van der Waals surface area contributed by atoms with Crippen molar-refractivity contribution in [3.8, 4) is 17.2 Å². The summed E-state index contributed by atoms with van der Waals surface area (Å²) in [6.07, 6.45) is 3.47. The summed E-state index contributed by atoms with van der Waals surface area (Å²) in [6, 6.07) is 8.77. The highest BCUT2D eigenvalue weighted by atomic mass is 16.5. The number of Topliss-reactive ketones (excluding diaryl/α,β-unsaturated/α-hetero) is 2. The number of ketones is 2. The van der Waals surface area contributed by atoms with Crippen molar-refractivity contribution in [3.63, 3.8) is 0 Å². The van der Waals surface area contributed by atoms with Gasteiger partial charge >= 0.3 is 5.97 Å². The van der Waals surface area contributed by atoms with Crippen molar-refractivity contribution >= 4 is 17.5 Å². The van der Waals surface area contributed by atoms with Crippen LogP contribution in [0.15, 0.2) is 30.3 Å². The number of nitrogens with zero attached hydrogens (tertiary/aromatic N) is 1. The zero-order valence-electron chi connectivity index (χ0n) is 20.0. The summed E-state index contributed by atoms with van der Waals surface area (Å²) in [5, 5.41) is 17.9. The number of aromatic hydroxyl groups is 1. The number of aromatic carboxylic acids is 1. The second kappa shape index (κ2) is 8.37. The molecule has 1 spiro atoms. The van der Waals surface area contributed by atoms with Gasteiger partial charge in [-0.05, 0) is 69.5 Å². The van der Waals surface area contributed by atoms with Gasteiger partial charge in [-0.3, -0.25) is 9.59 Å². The zero-order chi connectivity index (χ0) is 25.1. The molecule has 0 radical (unpaired) electrons. The molecule has 4 atom stereocenters. The van der Waals surface area contributed by atoms with E-state index in [0.717, 1.165) is 37.3 Å². The van der Waals surface area contributed by atoms with E-state index in [1.165, 1.54) is 36.2 Å². The highest BCUT2D eigenvalue weighted by molar-refractivity contribution is 6.01. The van der Waals surface area contributed by atoms with Crippen LogP contribution in [0.5, 0.6) is 17.2 Å². The van der Waals surface area contributed by atoms with E-state index in [9.17, 15) is 19.5 Å². The maximum Gasteiger partial charge on any atom is 0.339 e. The number of likely N-dealkylation sites (tertiary alicyclic amines) is 1. The Hall–Kier alpha value is -3.39. The topological polar surface area (TPSA) is 113 Å². The van der Waals surface area contributed by atoms with Gasteiger partial charge in [-0.15, -0.1) is 0 Å². The molecule has 2 aliphatic heterocycles. The molecule has 0 amide bonds. The molecule has 8 nitrogen and oxygen atoms in total. The lowest BCUT2D eigenvalue weighted by atomic mass is 9.52. The van der Waals surface area contributed by atoms with E-state index in [0.29, 0.717) is 18.4 Å². The van der Waals surface area contributed by atoms with Gasteiger partial charge in [0, 0.05) is 23.4 Å². The van der Waals surface area contributed by atoms with Gasteiger partial charge in [0.1, 0.15) is 11.3 Å². The molecule has 2 N–H and O–H groups in total. The van der Waals surface area contributed by atoms with Crippen molar-refractivity contribution in [2.45, 2.75) is 50.2 Å². The molecule has 2 heterocycles. The Kier molecular flexibility index (Phi) is 5.59. The number of hydrogen-bond donors (Lipinski definition) is 2. The fourth-order valence-corrected chi connectivity index (χ4v) is 6.67. The number of benzene rings is 2. The first-order valence-electron chi connectivity index (χ1n) is 11.9. The van der Waals surface area contributed by atoms with Gasteiger partial charge in [-0.1, -0.05) is 12.1 Å². The lowest BCUT2D eigenvalue weighted by Gasteiger charge is -2.57. The number of carbonyl (C=O) groups excluding carboxylic acids is 2. The molecule has 2 bridgehead atoms. The smallest absolute Gasteiger partial charge is 0.339 e. The molecule has 2 aliphatic carbocycles. The van der Waals surface area contributed by atoms with Gasteiger partial charge in [0.25, 0.3) is 0 Å². The number of carboxylic acids is 1. The number of carboxylic acid groups (broad SMARTS) is 1. The SMILES string of the molecule is CC(=O)c1cccc(C(=O)O)c1O.COc1ccc2c3c1O[C@H]1C(=O)CC[C@H]4[C@@H](C2)N(C)CC[C@]314. The molecule has 8 heteroatoms. The summed E-state index contributed by atoms with van der Waals surface area (Å²) in [7, 11) is 3.91. The number of hydrogen-bond acceptors (Lipinski definition) is 7. The first-order valence-corrected chi connectivity index (χ1v) is 11.9. The predicted molar refractivity (Wildman–Crippen MR) is 127 cm³/mol. The molecular formula is C27H29NO7. The van der Waals surface area contributed by atoms with Crippen LogP contribution in [0.4, 0.5) is 0 Å². The number of carbonyl (C=O) groups is 3. The zero-order valence-corrected chi connectivity index (χ0v) is 20.0. The van der Waals surface area contributed by atoms with Gasteiger partial charge in [-0.25, -0.2) is 4.79 Å². The van der Waals surface area contributed by atoms with Gasteiger partial charge in [-0.2, -0.15) is 0 Å². The number of methoxy groups -OCH3 is 1. The molecule has 2 fully saturated rings. The Balaban J connectivity index is 0.000000168.